The molecule has 2 aliphatic carbocycles. The minimum atomic E-state index is 0. The van der Waals surface area contributed by atoms with E-state index in [2.05, 4.69) is 114 Å². The first kappa shape index (κ1) is 34.0. The molecule has 0 radical (unpaired) electrons. The molecule has 2 aliphatic rings. The fourth-order valence-electron chi connectivity index (χ4n) is 5.09. The van der Waals surface area contributed by atoms with Crippen molar-refractivity contribution in [2.24, 2.45) is 0 Å². The summed E-state index contributed by atoms with van der Waals surface area (Å²) in [6.45, 7) is 18.1. The van der Waals surface area contributed by atoms with Gasteiger partial charge in [0.25, 0.3) is 0 Å². The van der Waals surface area contributed by atoms with Crippen LogP contribution in [0.2, 0.25) is 0 Å². The summed E-state index contributed by atoms with van der Waals surface area (Å²) in [5.74, 6) is 0. The van der Waals surface area contributed by atoms with E-state index in [-0.39, 0.29) is 51.0 Å². The molecule has 0 fully saturated rings. The van der Waals surface area contributed by atoms with Gasteiger partial charge in [0.05, 0.1) is 0 Å². The van der Waals surface area contributed by atoms with Crippen LogP contribution in [0.3, 0.4) is 0 Å². The molecule has 0 aliphatic heterocycles. The summed E-state index contributed by atoms with van der Waals surface area (Å²) < 4.78 is 0. The summed E-state index contributed by atoms with van der Waals surface area (Å²) in [6, 6.07) is 17.2. The number of hydrogen-bond acceptors (Lipinski definition) is 2. The standard InChI is InChI=1S/C25H35N2.C5H5.2ClH.Zr/c1-16(2)26(17(3)4)22-9-11-24-20(14-22)13-21-15-23(10-12-25(21)24)27(18(5)6)19(7)8;1-2-4-5-3-1;;;/h9-12,14,16-19H,13H2,1-8H3;1-3H,4H2;2*1H;/q2*-1;;;+4/p-2. The van der Waals surface area contributed by atoms with Crippen molar-refractivity contribution in [3.63, 3.8) is 0 Å². The second kappa shape index (κ2) is 15.3. The van der Waals surface area contributed by atoms with Crippen molar-refractivity contribution >= 4 is 11.4 Å². The summed E-state index contributed by atoms with van der Waals surface area (Å²) in [4.78, 5) is 4.95. The number of halogens is 2. The van der Waals surface area contributed by atoms with Crippen LogP contribution in [0.4, 0.5) is 11.4 Å². The molecule has 2 aromatic carbocycles. The van der Waals surface area contributed by atoms with Crippen LogP contribution in [0.1, 0.15) is 72.9 Å². The van der Waals surface area contributed by atoms with E-state index in [0.717, 1.165) is 12.8 Å². The van der Waals surface area contributed by atoms with E-state index in [9.17, 15) is 0 Å². The van der Waals surface area contributed by atoms with E-state index in [1.807, 2.05) is 12.2 Å². The Morgan fingerprint density at radius 3 is 1.77 bits per heavy atom. The van der Waals surface area contributed by atoms with Gasteiger partial charge in [-0.3, -0.25) is 6.08 Å². The van der Waals surface area contributed by atoms with Gasteiger partial charge in [0.2, 0.25) is 0 Å². The van der Waals surface area contributed by atoms with Gasteiger partial charge in [-0.05, 0) is 79.5 Å². The average Bonchev–Trinajstić information content (AvgIpc) is 3.37. The summed E-state index contributed by atoms with van der Waals surface area (Å²) in [5.41, 5.74) is 8.06. The molecular formula is C30H40Cl2N2Zr. The predicted molar refractivity (Wildman–Crippen MR) is 141 cm³/mol. The van der Waals surface area contributed by atoms with E-state index in [0.29, 0.717) is 24.2 Å². The van der Waals surface area contributed by atoms with Crippen LogP contribution in [0.5, 0.6) is 0 Å². The molecular weight excluding hydrogens is 550 g/mol. The smallest absolute Gasteiger partial charge is 1.00 e. The van der Waals surface area contributed by atoms with E-state index in [1.165, 1.54) is 33.6 Å². The number of allylic oxidation sites excluding steroid dienone is 4. The molecule has 2 nitrogen and oxygen atoms in total. The fourth-order valence-corrected chi connectivity index (χ4v) is 5.09. The fraction of sp³-hybridized carbons (Fsp3) is 0.467. The largest absolute Gasteiger partial charge is 4.00 e. The van der Waals surface area contributed by atoms with Gasteiger partial charge in [-0.25, -0.2) is 12.2 Å². The second-order valence-corrected chi connectivity index (χ2v) is 9.95. The monoisotopic (exact) mass is 588 g/mol. The number of fused-ring (bicyclic) bond motifs is 3. The van der Waals surface area contributed by atoms with Crippen molar-refractivity contribution < 1.29 is 51.0 Å². The third-order valence-electron chi connectivity index (χ3n) is 6.15. The molecule has 0 N–H and O–H groups in total. The zero-order chi connectivity index (χ0) is 23.4. The minimum Gasteiger partial charge on any atom is -1.00 e. The van der Waals surface area contributed by atoms with Crippen molar-refractivity contribution in [2.45, 2.75) is 92.4 Å². The van der Waals surface area contributed by atoms with E-state index < -0.39 is 0 Å². The van der Waals surface area contributed by atoms with Crippen LogP contribution in [0, 0.1) is 12.1 Å². The second-order valence-electron chi connectivity index (χ2n) is 9.95. The maximum absolute atomic E-state index is 3.74. The van der Waals surface area contributed by atoms with Gasteiger partial charge in [-0.15, -0.1) is 23.6 Å². The van der Waals surface area contributed by atoms with Crippen molar-refractivity contribution in [3.8, 4) is 11.1 Å². The number of anilines is 2. The van der Waals surface area contributed by atoms with Crippen molar-refractivity contribution in [3.05, 3.63) is 71.8 Å². The molecule has 0 atom stereocenters. The van der Waals surface area contributed by atoms with Gasteiger partial charge in [0, 0.05) is 29.9 Å². The van der Waals surface area contributed by atoms with Gasteiger partial charge in [0.1, 0.15) is 0 Å². The normalized spacial score (nSPS) is 12.5. The van der Waals surface area contributed by atoms with Crippen molar-refractivity contribution in [2.75, 3.05) is 9.80 Å². The number of benzene rings is 2. The topological polar surface area (TPSA) is 6.48 Å². The quantitative estimate of drug-likeness (QED) is 0.403. The molecule has 4 rings (SSSR count). The first-order valence-corrected chi connectivity index (χ1v) is 12.2. The molecule has 35 heavy (non-hydrogen) atoms. The summed E-state index contributed by atoms with van der Waals surface area (Å²) >= 11 is 0. The Morgan fingerprint density at radius 1 is 0.743 bits per heavy atom. The maximum atomic E-state index is 3.74. The van der Waals surface area contributed by atoms with Gasteiger partial charge in [0.15, 0.2) is 0 Å². The van der Waals surface area contributed by atoms with Gasteiger partial charge < -0.3 is 34.6 Å². The van der Waals surface area contributed by atoms with Gasteiger partial charge in [-0.1, -0.05) is 17.3 Å². The minimum absolute atomic E-state index is 0. The maximum Gasteiger partial charge on any atom is 4.00 e. The Labute approximate surface area is 246 Å². The molecule has 188 valence electrons. The molecule has 2 aromatic rings. The summed E-state index contributed by atoms with van der Waals surface area (Å²) in [5, 5.41) is 0. The molecule has 0 saturated heterocycles. The van der Waals surface area contributed by atoms with Crippen LogP contribution in [0.25, 0.3) is 11.1 Å². The zero-order valence-corrected chi connectivity index (χ0v) is 26.5. The molecule has 0 unspecified atom stereocenters. The van der Waals surface area contributed by atoms with Crippen LogP contribution in [-0.4, -0.2) is 24.2 Å². The first-order valence-electron chi connectivity index (χ1n) is 12.2. The third-order valence-corrected chi connectivity index (χ3v) is 6.15. The number of nitrogens with zero attached hydrogens (tertiary/aromatic N) is 2. The molecule has 0 bridgehead atoms. The van der Waals surface area contributed by atoms with E-state index >= 15 is 0 Å². The Bertz CT molecular complexity index is 887. The molecule has 0 saturated carbocycles. The Hall–Kier alpha value is -1.02. The van der Waals surface area contributed by atoms with Gasteiger partial charge >= 0.3 is 26.2 Å². The molecule has 5 heteroatoms. The SMILES string of the molecule is CC(C)N(c1[c-]c2c(cc1)-c1ccc(N(C(C)C)C(C)C)cc1C2)C(C)C.[C-]1=CC=CC1.[Cl-].[Cl-].[Zr+4]. The average molecular weight is 591 g/mol. The predicted octanol–water partition coefficient (Wildman–Crippen LogP) is 1.62. The van der Waals surface area contributed by atoms with Crippen molar-refractivity contribution in [1.82, 2.24) is 0 Å². The summed E-state index contributed by atoms with van der Waals surface area (Å²) in [7, 11) is 0. The van der Waals surface area contributed by atoms with Crippen LogP contribution in [-0.2, 0) is 32.6 Å². The van der Waals surface area contributed by atoms with E-state index in [4.69, 9.17) is 0 Å². The Balaban J connectivity index is 0.00000129. The zero-order valence-electron chi connectivity index (χ0n) is 22.5. The Morgan fingerprint density at radius 2 is 1.31 bits per heavy atom. The summed E-state index contributed by atoms with van der Waals surface area (Å²) in [6.07, 6.45) is 11.0. The number of rotatable bonds is 6. The molecule has 0 spiro atoms. The third kappa shape index (κ3) is 8.24. The molecule has 0 amide bonds. The van der Waals surface area contributed by atoms with Gasteiger partial charge in [-0.2, -0.15) is 18.2 Å². The van der Waals surface area contributed by atoms with Crippen molar-refractivity contribution in [1.29, 1.82) is 0 Å². The van der Waals surface area contributed by atoms with Crippen LogP contribution >= 0.6 is 0 Å². The van der Waals surface area contributed by atoms with E-state index in [1.54, 1.807) is 0 Å². The van der Waals surface area contributed by atoms with Crippen LogP contribution in [0.15, 0.2) is 48.6 Å². The Kier molecular flexibility index (Phi) is 14.8. The first-order chi connectivity index (χ1) is 15.2. The molecule has 0 heterocycles. The number of hydrogen-bond donors (Lipinski definition) is 0. The van der Waals surface area contributed by atoms with Crippen LogP contribution < -0.4 is 34.6 Å². The molecule has 0 aromatic heterocycles.